The molecule has 2 aliphatic rings. The van der Waals surface area contributed by atoms with E-state index < -0.39 is 54.5 Å². The van der Waals surface area contributed by atoms with Crippen LogP contribution in [0, 0.1) is 11.3 Å². The molecule has 2 aromatic carbocycles. The van der Waals surface area contributed by atoms with E-state index in [1.165, 1.54) is 57.1 Å². The summed E-state index contributed by atoms with van der Waals surface area (Å²) in [6, 6.07) is 14.3. The molecule has 0 aromatic heterocycles. The van der Waals surface area contributed by atoms with Crippen LogP contribution in [0.25, 0.3) is 16.8 Å². The third-order valence-corrected chi connectivity index (χ3v) is 9.24. The molecule has 18 nitrogen and oxygen atoms in total. The van der Waals surface area contributed by atoms with E-state index in [0.717, 1.165) is 36.3 Å². The Balaban J connectivity index is 1.11. The van der Waals surface area contributed by atoms with Gasteiger partial charge in [-0.1, -0.05) is 18.2 Å². The summed E-state index contributed by atoms with van der Waals surface area (Å²) in [5, 5.41) is 15.7. The first-order valence-electron chi connectivity index (χ1n) is 19.5. The second-order valence-corrected chi connectivity index (χ2v) is 13.9. The smallest absolute Gasteiger partial charge is 0.303 e. The molecule has 59 heavy (non-hydrogen) atoms. The number of methoxy groups -OCH3 is 1. The van der Waals surface area contributed by atoms with Crippen molar-refractivity contribution in [3.8, 4) is 6.07 Å². The van der Waals surface area contributed by atoms with E-state index in [0.29, 0.717) is 0 Å². The van der Waals surface area contributed by atoms with Crippen molar-refractivity contribution in [1.29, 1.82) is 5.26 Å². The first-order chi connectivity index (χ1) is 28.4. The predicted octanol–water partition coefficient (Wildman–Crippen LogP) is 2.05. The number of rotatable bonds is 21. The summed E-state index contributed by atoms with van der Waals surface area (Å²) in [6.45, 7) is 7.02. The summed E-state index contributed by atoms with van der Waals surface area (Å²) in [4.78, 5) is 50.8. The highest BCUT2D eigenvalue weighted by Gasteiger charge is 2.52. The maximum absolute atomic E-state index is 12.7. The van der Waals surface area contributed by atoms with Gasteiger partial charge in [-0.2, -0.15) is 5.26 Å². The van der Waals surface area contributed by atoms with E-state index >= 15 is 0 Å². The van der Waals surface area contributed by atoms with E-state index in [1.54, 1.807) is 6.08 Å². The number of piperidine rings is 1. The second-order valence-electron chi connectivity index (χ2n) is 13.9. The molecule has 4 rings (SSSR count). The van der Waals surface area contributed by atoms with Crippen LogP contribution in [0.1, 0.15) is 45.6 Å². The molecule has 0 radical (unpaired) electrons. The van der Waals surface area contributed by atoms with Crippen LogP contribution < -0.4 is 21.8 Å². The molecule has 2 heterocycles. The minimum Gasteiger partial charge on any atom is -0.456 e. The minimum absolute atomic E-state index is 0.00344. The number of anilines is 1. The van der Waals surface area contributed by atoms with Crippen LogP contribution in [0.3, 0.4) is 0 Å². The van der Waals surface area contributed by atoms with Crippen molar-refractivity contribution in [3.05, 3.63) is 59.4 Å². The van der Waals surface area contributed by atoms with Gasteiger partial charge < -0.3 is 58.9 Å². The van der Waals surface area contributed by atoms with Gasteiger partial charge in [0, 0.05) is 59.4 Å². The molecule has 1 amide bonds. The molecule has 2 aliphatic heterocycles. The second kappa shape index (κ2) is 24.0. The van der Waals surface area contributed by atoms with E-state index in [-0.39, 0.29) is 64.0 Å². The predicted molar refractivity (Wildman–Crippen MR) is 215 cm³/mol. The molecular formula is C41H56N6O12. The molecule has 5 unspecified atom stereocenters. The van der Waals surface area contributed by atoms with Crippen molar-refractivity contribution in [3.63, 3.8) is 0 Å². The number of nitrogens with two attached hydrogens (primary N) is 2. The minimum atomic E-state index is -1.25. The molecule has 0 aliphatic carbocycles. The molecular weight excluding hydrogens is 768 g/mol. The van der Waals surface area contributed by atoms with Gasteiger partial charge in [-0.3, -0.25) is 19.2 Å². The number of carbonyl (C=O) groups is 4. The topological polar surface area (TPSA) is 236 Å². The lowest BCUT2D eigenvalue weighted by Crippen LogP contribution is -2.63. The van der Waals surface area contributed by atoms with E-state index in [4.69, 9.17) is 49.5 Å². The molecule has 5 atom stereocenters. The molecule has 322 valence electrons. The van der Waals surface area contributed by atoms with Crippen molar-refractivity contribution < 1.29 is 57.1 Å². The van der Waals surface area contributed by atoms with Gasteiger partial charge in [0.1, 0.15) is 17.7 Å². The number of nitrogens with one attached hydrogen (secondary N) is 1. The zero-order valence-corrected chi connectivity index (χ0v) is 34.1. The van der Waals surface area contributed by atoms with Crippen molar-refractivity contribution in [1.82, 2.24) is 10.3 Å². The number of nitriles is 1. The van der Waals surface area contributed by atoms with Crippen molar-refractivity contribution in [2.75, 3.05) is 77.8 Å². The molecule has 2 aromatic rings. The Morgan fingerprint density at radius 1 is 0.864 bits per heavy atom. The van der Waals surface area contributed by atoms with Crippen LogP contribution in [0.15, 0.2) is 53.9 Å². The summed E-state index contributed by atoms with van der Waals surface area (Å²) >= 11 is 0. The SMILES string of the molecule is COC1OC(CN(N)/C=C(\N)COCCOCCOCCNC(=O)/C(C#N)=C/c2ccc3cc(N4CCCCC4)ccc3c2)C(OC(C)=O)C(OC(C)=O)C1OC(C)=O. The maximum atomic E-state index is 12.7. The first-order valence-corrected chi connectivity index (χ1v) is 19.5. The van der Waals surface area contributed by atoms with Crippen molar-refractivity contribution in [2.24, 2.45) is 11.6 Å². The summed E-state index contributed by atoms with van der Waals surface area (Å²) in [6.07, 6.45) is 0.830. The number of hydrogen-bond acceptors (Lipinski definition) is 17. The van der Waals surface area contributed by atoms with Crippen LogP contribution >= 0.6 is 0 Å². The summed E-state index contributed by atoms with van der Waals surface area (Å²) in [5.74, 6) is 3.59. The van der Waals surface area contributed by atoms with Crippen LogP contribution in [0.5, 0.6) is 0 Å². The number of hydrogen-bond donors (Lipinski definition) is 3. The van der Waals surface area contributed by atoms with Crippen LogP contribution in [0.2, 0.25) is 0 Å². The van der Waals surface area contributed by atoms with Gasteiger partial charge in [0.25, 0.3) is 5.91 Å². The monoisotopic (exact) mass is 824 g/mol. The Kier molecular flexibility index (Phi) is 18.8. The Bertz CT molecular complexity index is 1830. The Morgan fingerprint density at radius 2 is 1.47 bits per heavy atom. The molecule has 5 N–H and O–H groups in total. The van der Waals surface area contributed by atoms with Crippen LogP contribution in [-0.2, 0) is 57.1 Å². The van der Waals surface area contributed by atoms with Crippen molar-refractivity contribution >= 4 is 46.4 Å². The van der Waals surface area contributed by atoms with Gasteiger partial charge in [-0.15, -0.1) is 0 Å². The number of amides is 1. The number of benzene rings is 2. The van der Waals surface area contributed by atoms with Gasteiger partial charge in [0.05, 0.1) is 51.9 Å². The summed E-state index contributed by atoms with van der Waals surface area (Å²) in [5.41, 5.74) is 8.33. The lowest BCUT2D eigenvalue weighted by molar-refractivity contribution is -0.299. The Morgan fingerprint density at radius 3 is 2.14 bits per heavy atom. The quantitative estimate of drug-likeness (QED) is 0.0311. The van der Waals surface area contributed by atoms with Gasteiger partial charge in [0.15, 0.2) is 24.6 Å². The van der Waals surface area contributed by atoms with Gasteiger partial charge >= 0.3 is 17.9 Å². The van der Waals surface area contributed by atoms with Crippen molar-refractivity contribution in [2.45, 2.75) is 70.7 Å². The number of esters is 3. The zero-order chi connectivity index (χ0) is 42.7. The highest BCUT2D eigenvalue weighted by Crippen LogP contribution is 2.30. The van der Waals surface area contributed by atoms with Crippen LogP contribution in [0.4, 0.5) is 5.69 Å². The normalized spacial score (nSPS) is 21.0. The van der Waals surface area contributed by atoms with Gasteiger partial charge in [-0.25, -0.2) is 5.84 Å². The number of nitrogens with zero attached hydrogens (tertiary/aromatic N) is 3. The number of carbonyl (C=O) groups excluding carboxylic acids is 4. The highest BCUT2D eigenvalue weighted by molar-refractivity contribution is 6.02. The molecule has 18 heteroatoms. The largest absolute Gasteiger partial charge is 0.456 e. The number of hydrazine groups is 1. The van der Waals surface area contributed by atoms with Gasteiger partial charge in [0.2, 0.25) is 0 Å². The Hall–Kier alpha value is -5.29. The molecule has 0 spiro atoms. The fourth-order valence-corrected chi connectivity index (χ4v) is 6.67. The highest BCUT2D eigenvalue weighted by atomic mass is 16.7. The van der Waals surface area contributed by atoms with Gasteiger partial charge in [-0.05, 0) is 59.9 Å². The lowest BCUT2D eigenvalue weighted by atomic mass is 9.97. The molecule has 2 fully saturated rings. The average molecular weight is 825 g/mol. The number of fused-ring (bicyclic) bond motifs is 1. The molecule has 2 saturated heterocycles. The zero-order valence-electron chi connectivity index (χ0n) is 34.1. The van der Waals surface area contributed by atoms with E-state index in [1.807, 2.05) is 24.3 Å². The first kappa shape index (κ1) is 46.4. The maximum Gasteiger partial charge on any atom is 0.303 e. The fraction of sp³-hybridized carbons (Fsp3) is 0.537. The molecule has 0 saturated carbocycles. The van der Waals surface area contributed by atoms with E-state index in [9.17, 15) is 24.4 Å². The Labute approximate surface area is 344 Å². The average Bonchev–Trinajstić information content (AvgIpc) is 3.20. The summed E-state index contributed by atoms with van der Waals surface area (Å²) in [7, 11) is 1.31. The number of ether oxygens (including phenoxy) is 8. The lowest BCUT2D eigenvalue weighted by Gasteiger charge is -2.44. The third kappa shape index (κ3) is 15.1. The standard InChI is InChI=1S/C41H56N6O12/c1-27(48)56-37-36(59-41(52-4)39(58-29(3)50)38(37)57-28(2)49)25-47(44)24-34(43)26-55-19-18-54-17-16-53-15-12-45-40(51)33(23-42)21-30-8-9-32-22-35(11-10-31(32)20-30)46-13-6-5-7-14-46/h8-11,20-22,24,36-39,41H,5-7,12-19,25-26,43-44H2,1-4H3,(H,45,51)/b33-21+,34-24-. The third-order valence-electron chi connectivity index (χ3n) is 9.24. The van der Waals surface area contributed by atoms with Crippen LogP contribution in [-0.4, -0.2) is 132 Å². The fourth-order valence-electron chi connectivity index (χ4n) is 6.67. The molecule has 0 bridgehead atoms. The summed E-state index contributed by atoms with van der Waals surface area (Å²) < 4.78 is 44.0. The van der Waals surface area contributed by atoms with E-state index in [2.05, 4.69) is 28.4 Å².